The zero-order valence-corrected chi connectivity index (χ0v) is 12.6. The zero-order valence-electron chi connectivity index (χ0n) is 11.8. The van der Waals surface area contributed by atoms with Crippen molar-refractivity contribution in [1.29, 1.82) is 0 Å². The Hall–Kier alpha value is -1.48. The van der Waals surface area contributed by atoms with Crippen LogP contribution in [-0.4, -0.2) is 5.16 Å². The molecule has 3 nitrogen and oxygen atoms in total. The predicted octanol–water partition coefficient (Wildman–Crippen LogP) is 4.87. The Labute approximate surface area is 124 Å². The van der Waals surface area contributed by atoms with E-state index in [1.807, 2.05) is 24.3 Å². The Kier molecular flexibility index (Phi) is 3.25. The summed E-state index contributed by atoms with van der Waals surface area (Å²) < 4.78 is 5.59. The van der Waals surface area contributed by atoms with E-state index in [1.54, 1.807) is 0 Å². The molecule has 1 saturated carbocycles. The van der Waals surface area contributed by atoms with Crippen molar-refractivity contribution in [1.82, 2.24) is 5.16 Å². The summed E-state index contributed by atoms with van der Waals surface area (Å²) in [5.41, 5.74) is 8.14. The van der Waals surface area contributed by atoms with Crippen molar-refractivity contribution in [2.24, 2.45) is 5.41 Å². The molecule has 1 aliphatic rings. The molecule has 0 amide bonds. The van der Waals surface area contributed by atoms with Crippen molar-refractivity contribution in [2.75, 3.05) is 5.73 Å². The lowest BCUT2D eigenvalue weighted by Crippen LogP contribution is -2.15. The number of nitrogens with two attached hydrogens (primary N) is 1. The second kappa shape index (κ2) is 4.81. The van der Waals surface area contributed by atoms with Gasteiger partial charge >= 0.3 is 0 Å². The van der Waals surface area contributed by atoms with E-state index < -0.39 is 0 Å². The van der Waals surface area contributed by atoms with Crippen LogP contribution in [0.4, 0.5) is 5.82 Å². The highest BCUT2D eigenvalue weighted by Gasteiger charge is 2.40. The summed E-state index contributed by atoms with van der Waals surface area (Å²) in [7, 11) is 0. The molecular weight excluding hydrogens is 272 g/mol. The Balaban J connectivity index is 2.11. The summed E-state index contributed by atoms with van der Waals surface area (Å²) in [6.45, 7) is 4.57. The standard InChI is InChI=1S/C16H19ClN2O/c1-16(2)8-4-7-12(16)14-13(15(18)19-20-14)10-5-3-6-11(17)9-10/h3,5-6,9,12H,4,7-8H2,1-2H3,(H2,18,19). The van der Waals surface area contributed by atoms with Gasteiger partial charge in [0.15, 0.2) is 5.82 Å². The van der Waals surface area contributed by atoms with Crippen LogP contribution in [0.25, 0.3) is 11.1 Å². The minimum Gasteiger partial charge on any atom is -0.380 e. The van der Waals surface area contributed by atoms with Crippen LogP contribution in [0.15, 0.2) is 28.8 Å². The number of nitrogen functional groups attached to an aromatic ring is 1. The van der Waals surface area contributed by atoms with Gasteiger partial charge in [-0.15, -0.1) is 0 Å². The van der Waals surface area contributed by atoms with Gasteiger partial charge in [0.05, 0.1) is 5.56 Å². The number of aromatic nitrogens is 1. The molecular formula is C16H19ClN2O. The normalized spacial score (nSPS) is 21.2. The largest absolute Gasteiger partial charge is 0.380 e. The number of hydrogen-bond donors (Lipinski definition) is 1. The van der Waals surface area contributed by atoms with Crippen LogP contribution in [0.3, 0.4) is 0 Å². The van der Waals surface area contributed by atoms with E-state index in [-0.39, 0.29) is 5.41 Å². The highest BCUT2D eigenvalue weighted by atomic mass is 35.5. The fourth-order valence-electron chi connectivity index (χ4n) is 3.30. The van der Waals surface area contributed by atoms with Crippen LogP contribution in [0.2, 0.25) is 5.02 Å². The molecule has 106 valence electrons. The molecule has 1 aromatic carbocycles. The van der Waals surface area contributed by atoms with Crippen LogP contribution in [0.5, 0.6) is 0 Å². The summed E-state index contributed by atoms with van der Waals surface area (Å²) in [6.07, 6.45) is 3.54. The van der Waals surface area contributed by atoms with Crippen LogP contribution in [0.1, 0.15) is 44.8 Å². The van der Waals surface area contributed by atoms with Gasteiger partial charge in [0.25, 0.3) is 0 Å². The van der Waals surface area contributed by atoms with E-state index in [9.17, 15) is 0 Å². The van der Waals surface area contributed by atoms with Crippen molar-refractivity contribution in [2.45, 2.75) is 39.0 Å². The van der Waals surface area contributed by atoms with E-state index in [4.69, 9.17) is 21.9 Å². The molecule has 0 aliphatic heterocycles. The molecule has 0 saturated heterocycles. The van der Waals surface area contributed by atoms with Crippen molar-refractivity contribution in [3.63, 3.8) is 0 Å². The molecule has 2 aromatic rings. The third-order valence-electron chi connectivity index (χ3n) is 4.43. The number of anilines is 1. The fraction of sp³-hybridized carbons (Fsp3) is 0.438. The summed E-state index contributed by atoms with van der Waals surface area (Å²) in [5.74, 6) is 1.72. The molecule has 1 atom stereocenters. The molecule has 3 rings (SSSR count). The topological polar surface area (TPSA) is 52.0 Å². The maximum absolute atomic E-state index is 6.09. The Morgan fingerprint density at radius 2 is 2.20 bits per heavy atom. The van der Waals surface area contributed by atoms with E-state index >= 15 is 0 Å². The predicted molar refractivity (Wildman–Crippen MR) is 81.7 cm³/mol. The van der Waals surface area contributed by atoms with E-state index in [2.05, 4.69) is 19.0 Å². The van der Waals surface area contributed by atoms with Crippen LogP contribution < -0.4 is 5.73 Å². The molecule has 4 heteroatoms. The van der Waals surface area contributed by atoms with Crippen molar-refractivity contribution in [3.05, 3.63) is 35.0 Å². The zero-order chi connectivity index (χ0) is 14.3. The smallest absolute Gasteiger partial charge is 0.175 e. The first-order chi connectivity index (χ1) is 9.49. The first kappa shape index (κ1) is 13.5. The molecule has 1 aliphatic carbocycles. The first-order valence-electron chi connectivity index (χ1n) is 7.00. The van der Waals surface area contributed by atoms with Crippen LogP contribution in [-0.2, 0) is 0 Å². The number of hydrogen-bond acceptors (Lipinski definition) is 3. The molecule has 0 radical (unpaired) electrons. The lowest BCUT2D eigenvalue weighted by atomic mass is 9.79. The average Bonchev–Trinajstić information content (AvgIpc) is 2.91. The maximum Gasteiger partial charge on any atom is 0.175 e. The molecule has 1 unspecified atom stereocenters. The quantitative estimate of drug-likeness (QED) is 0.858. The molecule has 1 aromatic heterocycles. The summed E-state index contributed by atoms with van der Waals surface area (Å²) in [6, 6.07) is 7.69. The second-order valence-corrected chi connectivity index (χ2v) is 6.69. The molecule has 0 spiro atoms. The highest BCUT2D eigenvalue weighted by Crippen LogP contribution is 2.51. The van der Waals surface area contributed by atoms with Gasteiger partial charge in [0.1, 0.15) is 5.76 Å². The monoisotopic (exact) mass is 290 g/mol. The molecule has 20 heavy (non-hydrogen) atoms. The number of rotatable bonds is 2. The number of halogens is 1. The van der Waals surface area contributed by atoms with E-state index in [1.165, 1.54) is 12.8 Å². The van der Waals surface area contributed by atoms with Gasteiger partial charge in [-0.1, -0.05) is 49.2 Å². The molecule has 1 heterocycles. The van der Waals surface area contributed by atoms with E-state index in [0.29, 0.717) is 16.8 Å². The van der Waals surface area contributed by atoms with Gasteiger partial charge in [0.2, 0.25) is 0 Å². The van der Waals surface area contributed by atoms with Gasteiger partial charge < -0.3 is 10.3 Å². The number of nitrogens with zero attached hydrogens (tertiary/aromatic N) is 1. The minimum atomic E-state index is 0.222. The third kappa shape index (κ3) is 2.20. The fourth-order valence-corrected chi connectivity index (χ4v) is 3.49. The van der Waals surface area contributed by atoms with Gasteiger partial charge in [-0.05, 0) is 36.0 Å². The second-order valence-electron chi connectivity index (χ2n) is 6.25. The Morgan fingerprint density at radius 1 is 1.40 bits per heavy atom. The van der Waals surface area contributed by atoms with Gasteiger partial charge in [-0.3, -0.25) is 0 Å². The van der Waals surface area contributed by atoms with Crippen molar-refractivity contribution < 1.29 is 4.52 Å². The minimum absolute atomic E-state index is 0.222. The van der Waals surface area contributed by atoms with Gasteiger partial charge in [-0.2, -0.15) is 0 Å². The summed E-state index contributed by atoms with van der Waals surface area (Å²) in [5, 5.41) is 4.69. The Morgan fingerprint density at radius 3 is 2.85 bits per heavy atom. The lowest BCUT2D eigenvalue weighted by Gasteiger charge is -2.25. The summed E-state index contributed by atoms with van der Waals surface area (Å²) in [4.78, 5) is 0. The summed E-state index contributed by atoms with van der Waals surface area (Å²) >= 11 is 6.09. The molecule has 0 bridgehead atoms. The molecule has 1 fully saturated rings. The third-order valence-corrected chi connectivity index (χ3v) is 4.67. The van der Waals surface area contributed by atoms with Crippen LogP contribution >= 0.6 is 11.6 Å². The van der Waals surface area contributed by atoms with Crippen molar-refractivity contribution >= 4 is 17.4 Å². The SMILES string of the molecule is CC1(C)CCCC1c1onc(N)c1-c1cccc(Cl)c1. The first-order valence-corrected chi connectivity index (χ1v) is 7.38. The van der Waals surface area contributed by atoms with Crippen LogP contribution in [0, 0.1) is 5.41 Å². The maximum atomic E-state index is 6.09. The highest BCUT2D eigenvalue weighted by molar-refractivity contribution is 6.30. The lowest BCUT2D eigenvalue weighted by molar-refractivity contribution is 0.269. The Bertz CT molecular complexity index is 633. The number of benzene rings is 1. The average molecular weight is 291 g/mol. The van der Waals surface area contributed by atoms with Gasteiger partial charge in [0, 0.05) is 10.9 Å². The van der Waals surface area contributed by atoms with Gasteiger partial charge in [-0.25, -0.2) is 0 Å². The van der Waals surface area contributed by atoms with E-state index in [0.717, 1.165) is 23.3 Å². The molecule has 2 N–H and O–H groups in total. The van der Waals surface area contributed by atoms with Crippen molar-refractivity contribution in [3.8, 4) is 11.1 Å².